The minimum Gasteiger partial charge on any atom is -0.376 e. The minimum absolute atomic E-state index is 0.256. The van der Waals surface area contributed by atoms with Crippen LogP contribution in [0.2, 0.25) is 0 Å². The average molecular weight is 260 g/mol. The maximum Gasteiger partial charge on any atom is 0.123 e. The Labute approximate surface area is 110 Å². The average Bonchev–Trinajstić information content (AvgIpc) is 2.89. The van der Waals surface area contributed by atoms with Crippen molar-refractivity contribution < 1.29 is 9.13 Å². The van der Waals surface area contributed by atoms with E-state index in [2.05, 4.69) is 17.4 Å². The van der Waals surface area contributed by atoms with Gasteiger partial charge < -0.3 is 4.74 Å². The molecular weight excluding hydrogens is 247 g/mol. The molecule has 92 valence electrons. The van der Waals surface area contributed by atoms with Crippen molar-refractivity contribution in [3.8, 4) is 12.3 Å². The van der Waals surface area contributed by atoms with Crippen LogP contribution in [0.4, 0.5) is 4.39 Å². The molecule has 1 aliphatic heterocycles. The van der Waals surface area contributed by atoms with Crippen molar-refractivity contribution in [1.82, 2.24) is 0 Å². The van der Waals surface area contributed by atoms with Gasteiger partial charge in [-0.15, -0.1) is 17.8 Å². The van der Waals surface area contributed by atoms with Crippen molar-refractivity contribution in [3.05, 3.63) is 57.5 Å². The van der Waals surface area contributed by atoms with Crippen LogP contribution in [0, 0.1) is 18.2 Å². The molecule has 1 aromatic carbocycles. The van der Waals surface area contributed by atoms with Gasteiger partial charge in [0.2, 0.25) is 0 Å². The molecule has 2 aromatic rings. The van der Waals surface area contributed by atoms with Crippen molar-refractivity contribution in [3.63, 3.8) is 0 Å². The number of terminal acetylenes is 1. The molecule has 0 N–H and O–H groups in total. The number of benzene rings is 1. The SMILES string of the molecule is C#Cc1ccc(F)cc1.c1cc2c(s1)COCC2. The zero-order chi connectivity index (χ0) is 12.8. The van der Waals surface area contributed by atoms with E-state index >= 15 is 0 Å². The molecule has 1 nitrogen and oxygen atoms in total. The van der Waals surface area contributed by atoms with Crippen molar-refractivity contribution in [1.29, 1.82) is 0 Å². The summed E-state index contributed by atoms with van der Waals surface area (Å²) in [4.78, 5) is 1.42. The van der Waals surface area contributed by atoms with E-state index < -0.39 is 0 Å². The topological polar surface area (TPSA) is 9.23 Å². The van der Waals surface area contributed by atoms with Gasteiger partial charge in [-0.2, -0.15) is 0 Å². The van der Waals surface area contributed by atoms with Crippen LogP contribution in [0.15, 0.2) is 35.7 Å². The van der Waals surface area contributed by atoms with E-state index in [4.69, 9.17) is 11.2 Å². The Morgan fingerprint density at radius 3 is 2.67 bits per heavy atom. The van der Waals surface area contributed by atoms with Crippen molar-refractivity contribution in [2.45, 2.75) is 13.0 Å². The number of hydrogen-bond donors (Lipinski definition) is 0. The van der Waals surface area contributed by atoms with Gasteiger partial charge in [0.25, 0.3) is 0 Å². The fourth-order valence-corrected chi connectivity index (χ4v) is 2.48. The summed E-state index contributed by atoms with van der Waals surface area (Å²) in [7, 11) is 0. The van der Waals surface area contributed by atoms with Gasteiger partial charge >= 0.3 is 0 Å². The van der Waals surface area contributed by atoms with E-state index in [0.717, 1.165) is 19.6 Å². The number of rotatable bonds is 0. The first-order valence-corrected chi connectivity index (χ1v) is 6.52. The highest BCUT2D eigenvalue weighted by Crippen LogP contribution is 2.21. The van der Waals surface area contributed by atoms with Gasteiger partial charge in [0.15, 0.2) is 0 Å². The summed E-state index contributed by atoms with van der Waals surface area (Å²) in [5.41, 5.74) is 2.20. The summed E-state index contributed by atoms with van der Waals surface area (Å²) < 4.78 is 17.4. The van der Waals surface area contributed by atoms with Crippen LogP contribution in [0.3, 0.4) is 0 Å². The third-order valence-corrected chi connectivity index (χ3v) is 3.53. The summed E-state index contributed by atoms with van der Waals surface area (Å²) in [5.74, 6) is 2.13. The molecule has 0 spiro atoms. The molecular formula is C15H13FOS. The highest BCUT2D eigenvalue weighted by Gasteiger charge is 2.08. The first kappa shape index (κ1) is 12.8. The molecule has 0 fully saturated rings. The predicted molar refractivity (Wildman–Crippen MR) is 72.0 cm³/mol. The highest BCUT2D eigenvalue weighted by atomic mass is 32.1. The van der Waals surface area contributed by atoms with Crippen LogP contribution < -0.4 is 0 Å². The Kier molecular flexibility index (Phi) is 4.52. The molecule has 0 saturated carbocycles. The van der Waals surface area contributed by atoms with Crippen molar-refractivity contribution >= 4 is 11.3 Å². The van der Waals surface area contributed by atoms with Gasteiger partial charge in [-0.3, -0.25) is 0 Å². The van der Waals surface area contributed by atoms with Crippen LogP contribution in [-0.2, 0) is 17.8 Å². The van der Waals surface area contributed by atoms with E-state index in [1.165, 1.54) is 22.6 Å². The van der Waals surface area contributed by atoms with E-state index in [0.29, 0.717) is 5.56 Å². The Morgan fingerprint density at radius 2 is 2.00 bits per heavy atom. The summed E-state index contributed by atoms with van der Waals surface area (Å²) in [5, 5.41) is 2.14. The molecule has 1 aliphatic rings. The number of halogens is 1. The van der Waals surface area contributed by atoms with Crippen LogP contribution in [-0.4, -0.2) is 6.61 Å². The third-order valence-electron chi connectivity index (χ3n) is 2.60. The lowest BCUT2D eigenvalue weighted by Crippen LogP contribution is -2.05. The Hall–Kier alpha value is -1.63. The molecule has 3 rings (SSSR count). The maximum absolute atomic E-state index is 12.2. The normalized spacial score (nSPS) is 12.9. The Bertz CT molecular complexity index is 516. The van der Waals surface area contributed by atoms with Gasteiger partial charge in [-0.1, -0.05) is 5.92 Å². The Balaban J connectivity index is 0.000000134. The fraction of sp³-hybridized carbons (Fsp3) is 0.200. The predicted octanol–water partition coefficient (Wildman–Crippen LogP) is 3.63. The summed E-state index contributed by atoms with van der Waals surface area (Å²) >= 11 is 1.80. The standard InChI is InChI=1S/C8H5F.C7H8OS/c1-2-7-3-5-8(9)6-4-7;1-3-8-5-7-6(1)2-4-9-7/h1,3-6H;2,4H,1,3,5H2. The van der Waals surface area contributed by atoms with Gasteiger partial charge in [0, 0.05) is 10.4 Å². The zero-order valence-electron chi connectivity index (χ0n) is 9.86. The minimum atomic E-state index is -0.256. The van der Waals surface area contributed by atoms with Crippen molar-refractivity contribution in [2.24, 2.45) is 0 Å². The van der Waals surface area contributed by atoms with Gasteiger partial charge in [0.05, 0.1) is 13.2 Å². The van der Waals surface area contributed by atoms with E-state index in [1.54, 1.807) is 23.5 Å². The molecule has 0 aliphatic carbocycles. The number of hydrogen-bond acceptors (Lipinski definition) is 2. The number of fused-ring (bicyclic) bond motifs is 1. The fourth-order valence-electron chi connectivity index (χ4n) is 1.61. The smallest absolute Gasteiger partial charge is 0.123 e. The lowest BCUT2D eigenvalue weighted by Gasteiger charge is -2.10. The molecule has 0 radical (unpaired) electrons. The van der Waals surface area contributed by atoms with Gasteiger partial charge in [-0.25, -0.2) is 4.39 Å². The zero-order valence-corrected chi connectivity index (χ0v) is 10.7. The second-order valence-corrected chi connectivity index (χ2v) is 4.82. The highest BCUT2D eigenvalue weighted by molar-refractivity contribution is 7.10. The molecule has 0 bridgehead atoms. The number of thiophene rings is 1. The first-order valence-electron chi connectivity index (χ1n) is 5.65. The van der Waals surface area contributed by atoms with Crippen LogP contribution >= 0.6 is 11.3 Å². The lowest BCUT2D eigenvalue weighted by molar-refractivity contribution is 0.113. The van der Waals surface area contributed by atoms with Crippen molar-refractivity contribution in [2.75, 3.05) is 6.61 Å². The molecule has 0 atom stereocenters. The molecule has 0 saturated heterocycles. The van der Waals surface area contributed by atoms with Gasteiger partial charge in [0.1, 0.15) is 5.82 Å². The molecule has 18 heavy (non-hydrogen) atoms. The summed E-state index contributed by atoms with van der Waals surface area (Å²) in [6.07, 6.45) is 6.14. The van der Waals surface area contributed by atoms with E-state index in [9.17, 15) is 4.39 Å². The summed E-state index contributed by atoms with van der Waals surface area (Å²) in [6, 6.07) is 8.01. The summed E-state index contributed by atoms with van der Waals surface area (Å²) in [6.45, 7) is 1.75. The van der Waals surface area contributed by atoms with Crippen LogP contribution in [0.25, 0.3) is 0 Å². The number of ether oxygens (including phenoxy) is 1. The molecule has 3 heteroatoms. The van der Waals surface area contributed by atoms with E-state index in [-0.39, 0.29) is 5.82 Å². The van der Waals surface area contributed by atoms with E-state index in [1.807, 2.05) is 0 Å². The second-order valence-electron chi connectivity index (χ2n) is 3.82. The van der Waals surface area contributed by atoms with Gasteiger partial charge in [-0.05, 0) is 47.7 Å². The Morgan fingerprint density at radius 1 is 1.22 bits per heavy atom. The molecule has 2 heterocycles. The van der Waals surface area contributed by atoms with Crippen LogP contribution in [0.5, 0.6) is 0 Å². The quantitative estimate of drug-likeness (QED) is 0.657. The largest absolute Gasteiger partial charge is 0.376 e. The monoisotopic (exact) mass is 260 g/mol. The molecule has 1 aromatic heterocycles. The second kappa shape index (κ2) is 6.34. The first-order chi connectivity index (χ1) is 8.79. The maximum atomic E-state index is 12.2. The third kappa shape index (κ3) is 3.43. The molecule has 0 unspecified atom stereocenters. The van der Waals surface area contributed by atoms with Crippen LogP contribution in [0.1, 0.15) is 16.0 Å². The lowest BCUT2D eigenvalue weighted by atomic mass is 10.2. The molecule has 0 amide bonds.